The first-order chi connectivity index (χ1) is 14.8. The monoisotopic (exact) mass is 462 g/mol. The maximum absolute atomic E-state index is 5.95. The molecule has 30 heavy (non-hydrogen) atoms. The summed E-state index contributed by atoms with van der Waals surface area (Å²) in [4.78, 5) is 0. The van der Waals surface area contributed by atoms with E-state index in [-0.39, 0.29) is 0 Å². The molecule has 6 heteroatoms. The lowest BCUT2D eigenvalue weighted by molar-refractivity contribution is 0.363. The van der Waals surface area contributed by atoms with Gasteiger partial charge in [0, 0.05) is 51.1 Å². The molecule has 0 aliphatic rings. The van der Waals surface area contributed by atoms with Gasteiger partial charge in [0.15, 0.2) is 11.5 Å². The SMILES string of the molecule is COc1c(OC)c2sc3ccc4sccc4c3c2c2c1sc1ccc3sccc3c12. The van der Waals surface area contributed by atoms with Crippen molar-refractivity contribution in [3.05, 3.63) is 47.2 Å². The molecular weight excluding hydrogens is 449 g/mol. The molecule has 0 saturated carbocycles. The van der Waals surface area contributed by atoms with Crippen molar-refractivity contribution in [2.24, 2.45) is 0 Å². The lowest BCUT2D eigenvalue weighted by atomic mass is 10.0. The van der Waals surface area contributed by atoms with Gasteiger partial charge in [-0.2, -0.15) is 0 Å². The number of methoxy groups -OCH3 is 2. The highest BCUT2D eigenvalue weighted by molar-refractivity contribution is 7.29. The minimum Gasteiger partial charge on any atom is -0.491 e. The fraction of sp³-hybridized carbons (Fsp3) is 0.0833. The molecule has 0 atom stereocenters. The molecule has 0 fully saturated rings. The molecule has 3 aromatic carbocycles. The van der Waals surface area contributed by atoms with Gasteiger partial charge < -0.3 is 9.47 Å². The van der Waals surface area contributed by atoms with Crippen LogP contribution in [0.25, 0.3) is 60.5 Å². The molecule has 2 nitrogen and oxygen atoms in total. The van der Waals surface area contributed by atoms with Gasteiger partial charge in [0.05, 0.1) is 23.6 Å². The van der Waals surface area contributed by atoms with Crippen LogP contribution in [0.3, 0.4) is 0 Å². The average Bonchev–Trinajstić information content (AvgIpc) is 3.53. The predicted octanol–water partition coefficient (Wildman–Crippen LogP) is 8.87. The Hall–Kier alpha value is -2.38. The molecule has 0 aliphatic carbocycles. The maximum Gasteiger partial charge on any atom is 0.180 e. The second-order valence-electron chi connectivity index (χ2n) is 7.22. The van der Waals surface area contributed by atoms with Crippen LogP contribution in [0, 0.1) is 0 Å². The van der Waals surface area contributed by atoms with E-state index < -0.39 is 0 Å². The number of thiophene rings is 4. The standard InChI is InChI=1S/C24H14O2S4/c1-25-21-22(26-2)24-20(18-12-8-10-28-14(12)4-6-16(18)30-24)19-17-11-7-9-27-13(11)3-5-15(17)29-23(19)21/h3-10H,1-2H3. The van der Waals surface area contributed by atoms with Gasteiger partial charge in [-0.05, 0) is 47.2 Å². The quantitative estimate of drug-likeness (QED) is 0.255. The van der Waals surface area contributed by atoms with Crippen molar-refractivity contribution >= 4 is 106 Å². The number of hydrogen-bond donors (Lipinski definition) is 0. The van der Waals surface area contributed by atoms with Crippen LogP contribution < -0.4 is 9.47 Å². The van der Waals surface area contributed by atoms with Crippen molar-refractivity contribution in [1.29, 1.82) is 0 Å². The number of ether oxygens (including phenoxy) is 2. The van der Waals surface area contributed by atoms with Crippen LogP contribution in [0.5, 0.6) is 11.5 Å². The molecule has 146 valence electrons. The minimum atomic E-state index is 0.845. The Bertz CT molecular complexity index is 1650. The van der Waals surface area contributed by atoms with E-state index in [1.165, 1.54) is 60.5 Å². The lowest BCUT2D eigenvalue weighted by Gasteiger charge is -2.11. The zero-order valence-electron chi connectivity index (χ0n) is 16.1. The first kappa shape index (κ1) is 17.3. The van der Waals surface area contributed by atoms with Gasteiger partial charge in [-0.3, -0.25) is 0 Å². The summed E-state index contributed by atoms with van der Waals surface area (Å²) in [5.41, 5.74) is 0. The molecule has 0 radical (unpaired) electrons. The van der Waals surface area contributed by atoms with E-state index in [2.05, 4.69) is 47.2 Å². The summed E-state index contributed by atoms with van der Waals surface area (Å²) in [5.74, 6) is 1.69. The summed E-state index contributed by atoms with van der Waals surface area (Å²) < 4.78 is 19.5. The maximum atomic E-state index is 5.95. The third-order valence-corrected chi connectivity index (χ3v) is 9.92. The fourth-order valence-electron chi connectivity index (χ4n) is 4.66. The van der Waals surface area contributed by atoms with Gasteiger partial charge in [0.25, 0.3) is 0 Å². The Balaban J connectivity index is 1.91. The van der Waals surface area contributed by atoms with E-state index in [4.69, 9.17) is 9.47 Å². The Morgan fingerprint density at radius 3 is 1.40 bits per heavy atom. The van der Waals surface area contributed by atoms with Gasteiger partial charge in [-0.15, -0.1) is 45.3 Å². The lowest BCUT2D eigenvalue weighted by Crippen LogP contribution is -1.91. The molecule has 0 spiro atoms. The van der Waals surface area contributed by atoms with E-state index in [1.807, 2.05) is 0 Å². The second-order valence-corrected chi connectivity index (χ2v) is 11.2. The summed E-state index contributed by atoms with van der Waals surface area (Å²) in [6.07, 6.45) is 0. The smallest absolute Gasteiger partial charge is 0.180 e. The summed E-state index contributed by atoms with van der Waals surface area (Å²) in [7, 11) is 3.50. The molecule has 0 bridgehead atoms. The van der Waals surface area contributed by atoms with Gasteiger partial charge in [0.1, 0.15) is 0 Å². The Kier molecular flexibility index (Phi) is 3.51. The Morgan fingerprint density at radius 2 is 0.967 bits per heavy atom. The van der Waals surface area contributed by atoms with Crippen LogP contribution in [0.4, 0.5) is 0 Å². The highest BCUT2D eigenvalue weighted by atomic mass is 32.1. The zero-order chi connectivity index (χ0) is 20.0. The second kappa shape index (κ2) is 6.08. The molecule has 0 amide bonds. The first-order valence-corrected chi connectivity index (χ1v) is 12.9. The number of hydrogen-bond acceptors (Lipinski definition) is 6. The molecule has 0 saturated heterocycles. The fourth-order valence-corrected chi connectivity index (χ4v) is 8.74. The molecular formula is C24H14O2S4. The molecule has 4 aromatic heterocycles. The summed E-state index contributed by atoms with van der Waals surface area (Å²) in [6, 6.07) is 13.5. The van der Waals surface area contributed by atoms with Crippen molar-refractivity contribution in [3.8, 4) is 11.5 Å². The molecule has 7 aromatic rings. The van der Waals surface area contributed by atoms with Crippen molar-refractivity contribution in [1.82, 2.24) is 0 Å². The molecule has 0 aliphatic heterocycles. The Morgan fingerprint density at radius 1 is 0.533 bits per heavy atom. The zero-order valence-corrected chi connectivity index (χ0v) is 19.3. The third-order valence-electron chi connectivity index (χ3n) is 5.85. The van der Waals surface area contributed by atoms with Crippen LogP contribution in [0.2, 0.25) is 0 Å². The van der Waals surface area contributed by atoms with Gasteiger partial charge in [-0.25, -0.2) is 0 Å². The molecule has 4 heterocycles. The molecule has 0 unspecified atom stereocenters. The van der Waals surface area contributed by atoms with Crippen molar-refractivity contribution in [2.45, 2.75) is 0 Å². The summed E-state index contributed by atoms with van der Waals surface area (Å²) in [5, 5.41) is 12.3. The number of fused-ring (bicyclic) bond motifs is 11. The van der Waals surface area contributed by atoms with E-state index in [0.29, 0.717) is 0 Å². The van der Waals surface area contributed by atoms with Crippen LogP contribution in [-0.4, -0.2) is 14.2 Å². The molecule has 0 N–H and O–H groups in total. The van der Waals surface area contributed by atoms with Gasteiger partial charge >= 0.3 is 0 Å². The van der Waals surface area contributed by atoms with Crippen LogP contribution in [-0.2, 0) is 0 Å². The van der Waals surface area contributed by atoms with E-state index in [0.717, 1.165) is 11.5 Å². The van der Waals surface area contributed by atoms with E-state index in [1.54, 1.807) is 59.6 Å². The van der Waals surface area contributed by atoms with Crippen molar-refractivity contribution < 1.29 is 9.47 Å². The normalized spacial score (nSPS) is 12.3. The Labute approximate surface area is 187 Å². The minimum absolute atomic E-state index is 0.845. The van der Waals surface area contributed by atoms with Crippen LogP contribution in [0.1, 0.15) is 0 Å². The topological polar surface area (TPSA) is 18.5 Å². The van der Waals surface area contributed by atoms with Crippen molar-refractivity contribution in [2.75, 3.05) is 14.2 Å². The first-order valence-electron chi connectivity index (χ1n) is 9.49. The van der Waals surface area contributed by atoms with Gasteiger partial charge in [-0.1, -0.05) is 0 Å². The number of benzene rings is 3. The average molecular weight is 463 g/mol. The van der Waals surface area contributed by atoms with Crippen molar-refractivity contribution in [3.63, 3.8) is 0 Å². The predicted molar refractivity (Wildman–Crippen MR) is 136 cm³/mol. The number of rotatable bonds is 2. The third kappa shape index (κ3) is 2.02. The van der Waals surface area contributed by atoms with Crippen LogP contribution >= 0.6 is 45.3 Å². The van der Waals surface area contributed by atoms with Crippen LogP contribution in [0.15, 0.2) is 47.2 Å². The summed E-state index contributed by atoms with van der Waals surface area (Å²) in [6.45, 7) is 0. The largest absolute Gasteiger partial charge is 0.491 e. The van der Waals surface area contributed by atoms with Gasteiger partial charge in [0.2, 0.25) is 0 Å². The highest BCUT2D eigenvalue weighted by Gasteiger charge is 2.25. The van der Waals surface area contributed by atoms with E-state index >= 15 is 0 Å². The molecule has 7 rings (SSSR count). The summed E-state index contributed by atoms with van der Waals surface area (Å²) >= 11 is 7.20. The van der Waals surface area contributed by atoms with E-state index in [9.17, 15) is 0 Å². The highest BCUT2D eigenvalue weighted by Crippen LogP contribution is 2.56.